The summed E-state index contributed by atoms with van der Waals surface area (Å²) in [6.45, 7) is 14.3. The molecular weight excluding hydrogens is 1980 g/mol. The summed E-state index contributed by atoms with van der Waals surface area (Å²) in [5.74, 6) is -32.2. The Hall–Kier alpha value is -14.0. The number of hydrogen-bond acceptors (Lipinski definition) is 17. The van der Waals surface area contributed by atoms with Crippen molar-refractivity contribution < 1.29 is 138 Å². The molecule has 16 rings (SSSR count). The minimum Gasteiger partial charge on any atom is -0.368 e. The summed E-state index contributed by atoms with van der Waals surface area (Å²) >= 11 is 12.0. The smallest absolute Gasteiger partial charge is 0.293 e. The second-order valence-electron chi connectivity index (χ2n) is 37.0. The molecule has 4 saturated carbocycles. The van der Waals surface area contributed by atoms with E-state index in [1.165, 1.54) is 83.8 Å². The van der Waals surface area contributed by atoms with Crippen LogP contribution < -0.4 is 58.9 Å². The fourth-order valence-electron chi connectivity index (χ4n) is 20.0. The number of halogens is 16. The largest absolute Gasteiger partial charge is 0.368 e. The number of benzene rings is 3. The number of carbonyl (C=O) groups is 16. The van der Waals surface area contributed by atoms with Crippen molar-refractivity contribution in [3.63, 3.8) is 0 Å². The Morgan fingerprint density at radius 1 is 0.414 bits per heavy atom. The van der Waals surface area contributed by atoms with E-state index >= 15 is 0 Å². The lowest BCUT2D eigenvalue weighted by Gasteiger charge is -2.46. The molecule has 8 aliphatic rings. The van der Waals surface area contributed by atoms with E-state index in [2.05, 4.69) is 58.2 Å². The topological polar surface area (TPSA) is 452 Å². The van der Waals surface area contributed by atoms with Gasteiger partial charge in [0.15, 0.2) is 17.4 Å². The Labute approximate surface area is 827 Å². The zero-order chi connectivity index (χ0) is 106. The van der Waals surface area contributed by atoms with Crippen molar-refractivity contribution in [1.29, 1.82) is 0 Å². The molecule has 48 heteroatoms. The van der Waals surface area contributed by atoms with Gasteiger partial charge in [-0.3, -0.25) is 81.7 Å². The van der Waals surface area contributed by atoms with Crippen molar-refractivity contribution in [2.24, 2.45) is 5.73 Å². The number of nitrogens with two attached hydrogens (primary N) is 1. The maximum Gasteiger partial charge on any atom is 0.293 e. The molecule has 32 nitrogen and oxygen atoms in total. The number of fused-ring (bicyclic) bond motifs is 4. The van der Waals surface area contributed by atoms with Gasteiger partial charge in [-0.2, -0.15) is 0 Å². The molecule has 0 spiro atoms. The van der Waals surface area contributed by atoms with Crippen LogP contribution in [-0.2, 0) is 90.2 Å². The van der Waals surface area contributed by atoms with Crippen LogP contribution in [0.5, 0.6) is 0 Å². The van der Waals surface area contributed by atoms with Crippen molar-refractivity contribution in [3.05, 3.63) is 200 Å². The third-order valence-electron chi connectivity index (χ3n) is 26.9. The minimum absolute atomic E-state index is 0. The molecule has 0 bridgehead atoms. The van der Waals surface area contributed by atoms with Gasteiger partial charge in [-0.05, 0) is 171 Å². The van der Waals surface area contributed by atoms with Crippen LogP contribution in [-0.4, -0.2) is 177 Å². The third kappa shape index (κ3) is 20.9. The molecule has 9 heterocycles. The van der Waals surface area contributed by atoms with Gasteiger partial charge in [0.05, 0.1) is 38.7 Å². The first-order chi connectivity index (χ1) is 67.2. The van der Waals surface area contributed by atoms with Crippen molar-refractivity contribution in [2.75, 3.05) is 35.4 Å². The Balaban J connectivity index is 0.000000172. The zero-order valence-corrected chi connectivity index (χ0v) is 80.5. The van der Waals surface area contributed by atoms with E-state index in [9.17, 15) is 138 Å². The second-order valence-corrected chi connectivity index (χ2v) is 37.8. The lowest BCUT2D eigenvalue weighted by Crippen LogP contribution is -2.69. The van der Waals surface area contributed by atoms with Crippen LogP contribution in [0.1, 0.15) is 262 Å². The van der Waals surface area contributed by atoms with E-state index in [0.717, 1.165) is 37.4 Å². The summed E-state index contributed by atoms with van der Waals surface area (Å²) in [4.78, 5) is 209. The molecule has 11 amide bonds. The number of alkyl halides is 9. The Morgan fingerprint density at radius 2 is 0.710 bits per heavy atom. The first-order valence-electron chi connectivity index (χ1n) is 45.2. The zero-order valence-electron chi connectivity index (χ0n) is 78.9. The normalized spacial score (nSPS) is 17.2. The van der Waals surface area contributed by atoms with Crippen LogP contribution in [0.2, 0.25) is 10.0 Å². The highest BCUT2D eigenvalue weighted by Crippen LogP contribution is 2.51. The number of hydrogen-bond donors (Lipinski definition) is 11. The number of pyridine rings is 1. The number of aryl methyl sites for hydroxylation is 1. The highest BCUT2D eigenvalue weighted by Gasteiger charge is 2.65. The number of anilines is 4. The number of likely N-dealkylation sites (N-methyl/N-ethyl adjacent to an activating group) is 2. The van der Waals surface area contributed by atoms with Gasteiger partial charge in [0.2, 0.25) is 17.7 Å². The van der Waals surface area contributed by atoms with E-state index in [0.29, 0.717) is 106 Å². The highest BCUT2D eigenvalue weighted by molar-refractivity contribution is 6.46. The molecule has 145 heavy (non-hydrogen) atoms. The van der Waals surface area contributed by atoms with Crippen molar-refractivity contribution in [3.8, 4) is 0 Å². The average Bonchev–Trinajstić information content (AvgIpc) is 1.15. The molecule has 4 aliphatic heterocycles. The van der Waals surface area contributed by atoms with Gasteiger partial charge in [-0.25, -0.2) is 61.5 Å². The maximum atomic E-state index is 14.6. The lowest BCUT2D eigenvalue weighted by atomic mass is 9.69. The predicted octanol–water partition coefficient (Wildman–Crippen LogP) is 13.8. The number of carbonyl (C=O) groups excluding carboxylic acids is 16. The number of primary amides is 1. The van der Waals surface area contributed by atoms with Gasteiger partial charge in [0.1, 0.15) is 74.2 Å². The monoisotopic (exact) mass is 2080 g/mol. The summed E-state index contributed by atoms with van der Waals surface area (Å²) in [6.07, 6.45) is -4.29. The Morgan fingerprint density at radius 3 is 1.02 bits per heavy atom. The van der Waals surface area contributed by atoms with Gasteiger partial charge >= 0.3 is 0 Å². The summed E-state index contributed by atoms with van der Waals surface area (Å²) < 4.78 is 199. The summed E-state index contributed by atoms with van der Waals surface area (Å²) in [7, 11) is 2.47. The van der Waals surface area contributed by atoms with E-state index in [4.69, 9.17) is 28.9 Å². The quantitative estimate of drug-likeness (QED) is 0.0136. The minimum atomic E-state index is -3.20. The molecule has 0 radical (unpaired) electrons. The molecule has 5 aromatic heterocycles. The van der Waals surface area contributed by atoms with Crippen LogP contribution in [0.4, 0.5) is 84.2 Å². The van der Waals surface area contributed by atoms with Gasteiger partial charge < -0.3 is 77.2 Å². The van der Waals surface area contributed by atoms with Crippen LogP contribution >= 0.6 is 23.2 Å². The molecule has 4 aliphatic carbocycles. The van der Waals surface area contributed by atoms with Crippen LogP contribution in [0, 0.1) is 77.6 Å². The number of nitrogens with one attached hydrogen (secondary N) is 10. The molecule has 1 atom stereocenters. The highest BCUT2D eigenvalue weighted by atomic mass is 35.5. The molecule has 1 unspecified atom stereocenters. The molecule has 0 saturated heterocycles. The summed E-state index contributed by atoms with van der Waals surface area (Å²) in [5.41, 5.74) is -0.439. The predicted molar refractivity (Wildman–Crippen MR) is 496 cm³/mol. The fourth-order valence-corrected chi connectivity index (χ4v) is 20.4. The van der Waals surface area contributed by atoms with Gasteiger partial charge in [0, 0.05) is 155 Å². The molecule has 12 N–H and O–H groups in total. The van der Waals surface area contributed by atoms with E-state index in [1.54, 1.807) is 22.1 Å². The standard InChI is InChI=1S/C25H25ClF3N3O4.C24H24ClF3N4O4.C24H25F4N5O4.C23H22F4N4O4.CH4/c1-4-18(33)24(10-25(28,29)11-24)31-23(36)21(34)19-13(3)20(32-7-5-6-17(19)32)22(35)30-14-8-15(26)12(2)16(27)9-14;1-11-6-7-13(17(26)16(11)25)30-20(34)18-12(2)15(14-5-4-8-32(14)18)19(33)21(35)31-23(22(36)29-3)9-24(27,28)10-23;1-11-15(19(34)21(36)32-23(22(37)29-3)9-24(27,28)10-23)14-5-4-8-33(14)18(11)20(35)31-13-6-7-30-17(12(2)25)16(13)26;1-10-13(24)6-12(7-14(10)25)29-19(33)17-11(2)16(15-4-3-5-31(15)17)18(32)20(34)30-22(21(28)35)8-23(26,27)9-22;/h8-9H,4-7,10-11H2,1-3H3,(H,30,35)(H,31,36);6-7H,4-5,8-10H2,1-3H3,(H,29,36)(H,30,34)(H,31,35);6-7,12H,4-5,8-10H2,1-3H3,(H,29,37)(H,32,36)(H,30,31,35);6-7H,3-5,8-9H2,1-2H3,(H2,28,35)(H,29,33)(H,30,34);1H4. The van der Waals surface area contributed by atoms with E-state index in [1.807, 2.05) is 0 Å². The van der Waals surface area contributed by atoms with Crippen molar-refractivity contribution >= 4 is 140 Å². The molecule has 3 aromatic carbocycles. The fraction of sp³-hybridized carbons (Fsp3) is 0.433. The van der Waals surface area contributed by atoms with E-state index < -0.39 is 232 Å². The summed E-state index contributed by atoms with van der Waals surface area (Å²) in [5, 5.41) is 23.0. The lowest BCUT2D eigenvalue weighted by molar-refractivity contribution is -0.164. The number of rotatable bonds is 26. The van der Waals surface area contributed by atoms with Gasteiger partial charge in [-0.1, -0.05) is 43.6 Å². The molecular formula is C97H100Cl2F14N16O16. The maximum absolute atomic E-state index is 14.6. The second kappa shape index (κ2) is 40.9. The number of ketones is 5. The first-order valence-corrected chi connectivity index (χ1v) is 46.0. The van der Waals surface area contributed by atoms with Crippen molar-refractivity contribution in [2.45, 2.75) is 257 Å². The number of aromatic nitrogens is 5. The van der Waals surface area contributed by atoms with E-state index in [-0.39, 0.29) is 125 Å². The van der Waals surface area contributed by atoms with Crippen LogP contribution in [0.3, 0.4) is 0 Å². The average molecular weight is 2080 g/mol. The number of amides is 11. The van der Waals surface area contributed by atoms with Gasteiger partial charge in [0.25, 0.3) is 94.1 Å². The molecule has 776 valence electrons. The number of nitrogens with zero attached hydrogens (tertiary/aromatic N) is 5. The first kappa shape index (κ1) is 110. The molecule has 4 fully saturated rings. The Kier molecular flexibility index (Phi) is 31.0. The van der Waals surface area contributed by atoms with Crippen LogP contribution in [0.15, 0.2) is 48.7 Å². The number of Topliss-reactive ketones (excluding diaryl/α,β-unsaturated/α-hetero) is 5. The molecule has 8 aromatic rings. The van der Waals surface area contributed by atoms with Crippen LogP contribution in [0.25, 0.3) is 0 Å². The Bertz CT molecular complexity index is 6780. The SMILES string of the molecule is C.CCC(=O)C1(NC(=O)C(=O)c2c(C)c(C(=O)Nc3cc(F)c(C)c(Cl)c3)n3c2CCC3)CC(F)(F)C1.CNC(=O)C1(NC(=O)C(=O)c2c(C)c(C(=O)Nc3ccc(C)c(Cl)c3F)n3c2CCC3)CC(F)(F)C1.CNC(=O)C1(NC(=O)C(=O)c2c(C)c(C(=O)Nc3ccnc(C(C)F)c3F)n3c2CCC3)CC(F)(F)C1.Cc1c(F)cc(NC(=O)c2c(C)c(C(=O)C(=O)NC3(C(N)=O)CC(F)(F)C3)c3n2CCC3)cc1F. The third-order valence-corrected chi connectivity index (χ3v) is 27.8. The summed E-state index contributed by atoms with van der Waals surface area (Å²) in [6, 6.07) is 8.51. The van der Waals surface area contributed by atoms with Crippen molar-refractivity contribution in [1.82, 2.24) is 55.2 Å². The van der Waals surface area contributed by atoms with Gasteiger partial charge in [-0.15, -0.1) is 0 Å².